The van der Waals surface area contributed by atoms with Crippen molar-refractivity contribution in [2.45, 2.75) is 6.92 Å². The maximum Gasteiger partial charge on any atom is 0.347 e. The standard InChI is InChI=1S/C13H10N4O2/c1-8(18)9-3-2-4-10(5-9)15-12-6-11(7-14)16-13(19)17-12/h2-6H,1H3,(H2,15,16,17,19). The topological polar surface area (TPSA) is 98.6 Å². The third-order valence-electron chi connectivity index (χ3n) is 2.41. The molecule has 1 heterocycles. The lowest BCUT2D eigenvalue weighted by Gasteiger charge is -2.06. The van der Waals surface area contributed by atoms with Gasteiger partial charge in [0.2, 0.25) is 0 Å². The van der Waals surface area contributed by atoms with Crippen LogP contribution in [0.2, 0.25) is 0 Å². The lowest BCUT2D eigenvalue weighted by Crippen LogP contribution is -2.13. The summed E-state index contributed by atoms with van der Waals surface area (Å²) in [6.07, 6.45) is 0. The van der Waals surface area contributed by atoms with Gasteiger partial charge in [-0.2, -0.15) is 10.2 Å². The molecule has 0 saturated carbocycles. The number of aromatic nitrogens is 2. The fourth-order valence-corrected chi connectivity index (χ4v) is 1.55. The van der Waals surface area contributed by atoms with E-state index in [0.717, 1.165) is 0 Å². The van der Waals surface area contributed by atoms with Gasteiger partial charge in [0.1, 0.15) is 17.6 Å². The molecule has 6 nitrogen and oxygen atoms in total. The Hall–Kier alpha value is -2.94. The van der Waals surface area contributed by atoms with Crippen LogP contribution >= 0.6 is 0 Å². The summed E-state index contributed by atoms with van der Waals surface area (Å²) in [5.41, 5.74) is 0.680. The summed E-state index contributed by atoms with van der Waals surface area (Å²) in [6, 6.07) is 10.1. The van der Waals surface area contributed by atoms with Crippen molar-refractivity contribution in [3.8, 4) is 6.07 Å². The lowest BCUT2D eigenvalue weighted by molar-refractivity contribution is 0.101. The summed E-state index contributed by atoms with van der Waals surface area (Å²) in [4.78, 5) is 28.5. The molecule has 1 aromatic carbocycles. The molecular weight excluding hydrogens is 244 g/mol. The van der Waals surface area contributed by atoms with Gasteiger partial charge in [-0.05, 0) is 19.1 Å². The molecule has 0 aliphatic carbocycles. The van der Waals surface area contributed by atoms with Crippen LogP contribution in [-0.2, 0) is 0 Å². The van der Waals surface area contributed by atoms with Crippen LogP contribution in [0.15, 0.2) is 35.1 Å². The van der Waals surface area contributed by atoms with Crippen LogP contribution < -0.4 is 11.0 Å². The molecular formula is C13H10N4O2. The highest BCUT2D eigenvalue weighted by molar-refractivity contribution is 5.95. The second kappa shape index (κ2) is 5.14. The largest absolute Gasteiger partial charge is 0.347 e. The van der Waals surface area contributed by atoms with E-state index in [0.29, 0.717) is 11.3 Å². The summed E-state index contributed by atoms with van der Waals surface area (Å²) >= 11 is 0. The number of hydrogen-bond donors (Lipinski definition) is 2. The highest BCUT2D eigenvalue weighted by Gasteiger charge is 2.03. The number of hydrogen-bond acceptors (Lipinski definition) is 5. The Bertz CT molecular complexity index is 728. The van der Waals surface area contributed by atoms with Crippen LogP contribution in [0.4, 0.5) is 11.5 Å². The molecule has 2 N–H and O–H groups in total. The first-order valence-corrected chi connectivity index (χ1v) is 5.48. The van der Waals surface area contributed by atoms with Gasteiger partial charge in [-0.25, -0.2) is 4.79 Å². The van der Waals surface area contributed by atoms with E-state index in [1.165, 1.54) is 13.0 Å². The molecule has 0 amide bonds. The van der Waals surface area contributed by atoms with E-state index < -0.39 is 5.69 Å². The van der Waals surface area contributed by atoms with Crippen LogP contribution in [0, 0.1) is 11.3 Å². The van der Waals surface area contributed by atoms with Crippen molar-refractivity contribution in [1.29, 1.82) is 5.26 Å². The Morgan fingerprint density at radius 2 is 2.21 bits per heavy atom. The Morgan fingerprint density at radius 1 is 1.42 bits per heavy atom. The van der Waals surface area contributed by atoms with E-state index in [2.05, 4.69) is 15.3 Å². The SMILES string of the molecule is CC(=O)c1cccc(Nc2cc(C#N)[nH]c(=O)n2)c1. The maximum atomic E-state index is 11.3. The summed E-state index contributed by atoms with van der Waals surface area (Å²) in [5.74, 6) is 0.196. The first kappa shape index (κ1) is 12.5. The fourth-order valence-electron chi connectivity index (χ4n) is 1.55. The zero-order valence-corrected chi connectivity index (χ0v) is 10.1. The number of anilines is 2. The molecule has 0 fully saturated rings. The molecule has 19 heavy (non-hydrogen) atoms. The van der Waals surface area contributed by atoms with Crippen LogP contribution in [-0.4, -0.2) is 15.8 Å². The summed E-state index contributed by atoms with van der Waals surface area (Å²) in [5, 5.41) is 11.6. The van der Waals surface area contributed by atoms with Gasteiger partial charge in [0.05, 0.1) is 0 Å². The Kier molecular flexibility index (Phi) is 3.39. The highest BCUT2D eigenvalue weighted by Crippen LogP contribution is 2.15. The normalized spacial score (nSPS) is 9.68. The molecule has 0 saturated heterocycles. The molecule has 94 valence electrons. The van der Waals surface area contributed by atoms with E-state index in [4.69, 9.17) is 5.26 Å². The predicted molar refractivity (Wildman–Crippen MR) is 69.3 cm³/mol. The zero-order chi connectivity index (χ0) is 13.8. The zero-order valence-electron chi connectivity index (χ0n) is 10.1. The van der Waals surface area contributed by atoms with Crippen molar-refractivity contribution in [3.63, 3.8) is 0 Å². The third kappa shape index (κ3) is 3.04. The van der Waals surface area contributed by atoms with E-state index in [1.807, 2.05) is 6.07 Å². The first-order chi connectivity index (χ1) is 9.08. The number of benzene rings is 1. The van der Waals surface area contributed by atoms with Crippen molar-refractivity contribution in [1.82, 2.24) is 9.97 Å². The van der Waals surface area contributed by atoms with Gasteiger partial charge >= 0.3 is 5.69 Å². The summed E-state index contributed by atoms with van der Waals surface area (Å²) in [7, 11) is 0. The van der Waals surface area contributed by atoms with Crippen molar-refractivity contribution >= 4 is 17.3 Å². The minimum absolute atomic E-state index is 0.0553. The van der Waals surface area contributed by atoms with Crippen molar-refractivity contribution in [2.75, 3.05) is 5.32 Å². The predicted octanol–water partition coefficient (Wildman–Crippen LogP) is 1.59. The number of Topliss-reactive ketones (excluding diaryl/α,β-unsaturated/α-hetero) is 1. The molecule has 0 bridgehead atoms. The number of ketones is 1. The smallest absolute Gasteiger partial charge is 0.340 e. The number of rotatable bonds is 3. The van der Waals surface area contributed by atoms with Gasteiger partial charge < -0.3 is 5.32 Å². The second-order valence-electron chi connectivity index (χ2n) is 3.86. The number of nitrogens with one attached hydrogen (secondary N) is 2. The average molecular weight is 254 g/mol. The van der Waals surface area contributed by atoms with Gasteiger partial charge in [0, 0.05) is 17.3 Å². The number of aromatic amines is 1. The minimum Gasteiger partial charge on any atom is -0.340 e. The van der Waals surface area contributed by atoms with Crippen molar-refractivity contribution in [2.24, 2.45) is 0 Å². The molecule has 6 heteroatoms. The van der Waals surface area contributed by atoms with Gasteiger partial charge in [0.25, 0.3) is 0 Å². The fraction of sp³-hybridized carbons (Fsp3) is 0.0769. The number of carbonyl (C=O) groups is 1. The molecule has 0 aliphatic heterocycles. The number of carbonyl (C=O) groups excluding carboxylic acids is 1. The molecule has 2 aromatic rings. The summed E-state index contributed by atoms with van der Waals surface area (Å²) in [6.45, 7) is 1.47. The molecule has 2 rings (SSSR count). The van der Waals surface area contributed by atoms with Crippen LogP contribution in [0.1, 0.15) is 23.0 Å². The van der Waals surface area contributed by atoms with Crippen molar-refractivity contribution in [3.05, 3.63) is 52.1 Å². The Labute approximate surface area is 108 Å². The summed E-state index contributed by atoms with van der Waals surface area (Å²) < 4.78 is 0. The molecule has 0 atom stereocenters. The quantitative estimate of drug-likeness (QED) is 0.810. The van der Waals surface area contributed by atoms with Crippen LogP contribution in [0.3, 0.4) is 0 Å². The van der Waals surface area contributed by atoms with E-state index >= 15 is 0 Å². The number of H-pyrrole nitrogens is 1. The second-order valence-corrected chi connectivity index (χ2v) is 3.86. The van der Waals surface area contributed by atoms with Gasteiger partial charge in [-0.3, -0.25) is 9.78 Å². The molecule has 0 aliphatic rings. The van der Waals surface area contributed by atoms with E-state index in [-0.39, 0.29) is 17.3 Å². The van der Waals surface area contributed by atoms with Crippen molar-refractivity contribution < 1.29 is 4.79 Å². The number of nitriles is 1. The molecule has 0 spiro atoms. The van der Waals surface area contributed by atoms with Gasteiger partial charge in [-0.15, -0.1) is 0 Å². The lowest BCUT2D eigenvalue weighted by atomic mass is 10.1. The van der Waals surface area contributed by atoms with Crippen LogP contribution in [0.5, 0.6) is 0 Å². The first-order valence-electron chi connectivity index (χ1n) is 5.48. The molecule has 0 radical (unpaired) electrons. The third-order valence-corrected chi connectivity index (χ3v) is 2.41. The minimum atomic E-state index is -0.607. The monoisotopic (exact) mass is 254 g/mol. The maximum absolute atomic E-state index is 11.3. The van der Waals surface area contributed by atoms with Crippen LogP contribution in [0.25, 0.3) is 0 Å². The Morgan fingerprint density at radius 3 is 2.89 bits per heavy atom. The highest BCUT2D eigenvalue weighted by atomic mass is 16.1. The Balaban J connectivity index is 2.34. The number of nitrogens with zero attached hydrogens (tertiary/aromatic N) is 2. The molecule has 0 unspecified atom stereocenters. The van der Waals surface area contributed by atoms with E-state index in [9.17, 15) is 9.59 Å². The van der Waals surface area contributed by atoms with Gasteiger partial charge in [0.15, 0.2) is 5.78 Å². The average Bonchev–Trinajstić information content (AvgIpc) is 2.38. The van der Waals surface area contributed by atoms with E-state index in [1.54, 1.807) is 24.3 Å². The van der Waals surface area contributed by atoms with Gasteiger partial charge in [-0.1, -0.05) is 12.1 Å². The molecule has 1 aromatic heterocycles.